The Balaban J connectivity index is 0.00000196. The van der Waals surface area contributed by atoms with Gasteiger partial charge in [-0.1, -0.05) is 12.8 Å². The number of piperidine rings is 1. The van der Waals surface area contributed by atoms with E-state index in [1.54, 1.807) is 6.07 Å². The van der Waals surface area contributed by atoms with E-state index in [-0.39, 0.29) is 35.7 Å². The Morgan fingerprint density at radius 1 is 1.23 bits per heavy atom. The average molecular weight is 382 g/mol. The van der Waals surface area contributed by atoms with Gasteiger partial charge in [0, 0.05) is 25.7 Å². The number of likely N-dealkylation sites (tertiary alicyclic amines) is 1. The van der Waals surface area contributed by atoms with Gasteiger partial charge in [0.1, 0.15) is 6.26 Å². The minimum atomic E-state index is -0.192. The van der Waals surface area contributed by atoms with Gasteiger partial charge < -0.3 is 20.0 Å². The molecule has 3 aliphatic rings. The summed E-state index contributed by atoms with van der Waals surface area (Å²) in [4.78, 5) is 27.2. The van der Waals surface area contributed by atoms with E-state index in [1.807, 2.05) is 4.90 Å². The van der Waals surface area contributed by atoms with Crippen LogP contribution in [-0.4, -0.2) is 48.9 Å². The number of rotatable bonds is 3. The SMILES string of the molecule is Cl.O=C(c1ccoc1)N1CCC(NC(=O)[C@@]23CCCC[C@H]2CNC3)CC1. The number of nitrogens with one attached hydrogen (secondary N) is 2. The van der Waals surface area contributed by atoms with E-state index >= 15 is 0 Å². The standard InChI is InChI=1S/C19H27N3O3.ClH/c23-17(14-6-10-25-12-14)22-8-4-16(5-9-22)21-18(24)19-7-2-1-3-15(19)11-20-13-19;/h6,10,12,15-16,20H,1-5,7-9,11,13H2,(H,21,24);1H/t15-,19+;/m0./s1. The molecule has 2 amide bonds. The van der Waals surface area contributed by atoms with Crippen molar-refractivity contribution in [3.8, 4) is 0 Å². The molecule has 2 N–H and O–H groups in total. The van der Waals surface area contributed by atoms with Crippen LogP contribution in [0, 0.1) is 11.3 Å². The summed E-state index contributed by atoms with van der Waals surface area (Å²) in [5.41, 5.74) is 0.408. The van der Waals surface area contributed by atoms with Crippen molar-refractivity contribution in [1.29, 1.82) is 0 Å². The van der Waals surface area contributed by atoms with Gasteiger partial charge in [-0.15, -0.1) is 12.4 Å². The Kier molecular flexibility index (Phi) is 5.92. The molecular weight excluding hydrogens is 354 g/mol. The number of furan rings is 1. The highest BCUT2D eigenvalue weighted by Gasteiger charge is 2.50. The Hall–Kier alpha value is -1.53. The van der Waals surface area contributed by atoms with E-state index in [9.17, 15) is 9.59 Å². The van der Waals surface area contributed by atoms with Crippen molar-refractivity contribution in [3.05, 3.63) is 24.2 Å². The van der Waals surface area contributed by atoms with Crippen molar-refractivity contribution in [2.24, 2.45) is 11.3 Å². The van der Waals surface area contributed by atoms with Crippen LogP contribution in [0.3, 0.4) is 0 Å². The maximum Gasteiger partial charge on any atom is 0.257 e. The molecule has 3 heterocycles. The van der Waals surface area contributed by atoms with Gasteiger partial charge in [-0.3, -0.25) is 9.59 Å². The summed E-state index contributed by atoms with van der Waals surface area (Å²) in [7, 11) is 0. The number of hydrogen-bond acceptors (Lipinski definition) is 4. The second-order valence-electron chi connectivity index (χ2n) is 7.78. The molecule has 0 bridgehead atoms. The molecule has 7 heteroatoms. The third kappa shape index (κ3) is 3.49. The lowest BCUT2D eigenvalue weighted by molar-refractivity contribution is -0.135. The molecule has 144 valence electrons. The zero-order chi connectivity index (χ0) is 17.3. The number of nitrogens with zero attached hydrogens (tertiary/aromatic N) is 1. The first-order chi connectivity index (χ1) is 12.2. The molecule has 1 aromatic rings. The maximum absolute atomic E-state index is 13.0. The fourth-order valence-corrected chi connectivity index (χ4v) is 4.82. The lowest BCUT2D eigenvalue weighted by Gasteiger charge is -2.39. The highest BCUT2D eigenvalue weighted by molar-refractivity contribution is 5.93. The Morgan fingerprint density at radius 3 is 2.77 bits per heavy atom. The molecule has 0 aromatic carbocycles. The van der Waals surface area contributed by atoms with Gasteiger partial charge >= 0.3 is 0 Å². The Bertz CT molecular complexity index is 628. The van der Waals surface area contributed by atoms with Crippen LogP contribution in [0.15, 0.2) is 23.0 Å². The smallest absolute Gasteiger partial charge is 0.257 e. The second kappa shape index (κ2) is 8.01. The molecule has 2 aliphatic heterocycles. The average Bonchev–Trinajstić information content (AvgIpc) is 3.32. The van der Waals surface area contributed by atoms with Crippen molar-refractivity contribution < 1.29 is 14.0 Å². The van der Waals surface area contributed by atoms with Gasteiger partial charge in [0.2, 0.25) is 5.91 Å². The van der Waals surface area contributed by atoms with Crippen LogP contribution in [0.5, 0.6) is 0 Å². The third-order valence-corrected chi connectivity index (χ3v) is 6.38. The molecule has 1 aliphatic carbocycles. The molecule has 2 saturated heterocycles. The highest BCUT2D eigenvalue weighted by Crippen LogP contribution is 2.44. The molecule has 1 aromatic heterocycles. The number of carbonyl (C=O) groups is 2. The van der Waals surface area contributed by atoms with Crippen LogP contribution in [-0.2, 0) is 4.79 Å². The largest absolute Gasteiger partial charge is 0.472 e. The van der Waals surface area contributed by atoms with Gasteiger partial charge in [-0.25, -0.2) is 0 Å². The van der Waals surface area contributed by atoms with Crippen LogP contribution in [0.2, 0.25) is 0 Å². The van der Waals surface area contributed by atoms with E-state index in [2.05, 4.69) is 10.6 Å². The first-order valence-electron chi connectivity index (χ1n) is 9.52. The summed E-state index contributed by atoms with van der Waals surface area (Å²) in [5, 5.41) is 6.75. The van der Waals surface area contributed by atoms with Crippen molar-refractivity contribution in [2.75, 3.05) is 26.2 Å². The number of fused-ring (bicyclic) bond motifs is 1. The molecule has 6 nitrogen and oxygen atoms in total. The van der Waals surface area contributed by atoms with Gasteiger partial charge in [0.25, 0.3) is 5.91 Å². The molecule has 4 rings (SSSR count). The quantitative estimate of drug-likeness (QED) is 0.841. The normalized spacial score (nSPS) is 28.9. The summed E-state index contributed by atoms with van der Waals surface area (Å²) in [5.74, 6) is 0.746. The summed E-state index contributed by atoms with van der Waals surface area (Å²) in [6.07, 6.45) is 9.24. The number of carbonyl (C=O) groups excluding carboxylic acids is 2. The van der Waals surface area contributed by atoms with E-state index in [0.29, 0.717) is 24.6 Å². The van der Waals surface area contributed by atoms with Crippen LogP contribution >= 0.6 is 12.4 Å². The van der Waals surface area contributed by atoms with Crippen LogP contribution in [0.25, 0.3) is 0 Å². The fraction of sp³-hybridized carbons (Fsp3) is 0.684. The van der Waals surface area contributed by atoms with Crippen LogP contribution < -0.4 is 10.6 Å². The van der Waals surface area contributed by atoms with Gasteiger partial charge in [0.15, 0.2) is 0 Å². The van der Waals surface area contributed by atoms with Gasteiger partial charge in [-0.2, -0.15) is 0 Å². The Labute approximate surface area is 160 Å². The number of halogens is 1. The second-order valence-corrected chi connectivity index (χ2v) is 7.78. The van der Waals surface area contributed by atoms with Crippen LogP contribution in [0.4, 0.5) is 0 Å². The summed E-state index contributed by atoms with van der Waals surface area (Å²) >= 11 is 0. The lowest BCUT2D eigenvalue weighted by Crippen LogP contribution is -2.53. The highest BCUT2D eigenvalue weighted by atomic mass is 35.5. The van der Waals surface area contributed by atoms with E-state index in [0.717, 1.165) is 45.2 Å². The van der Waals surface area contributed by atoms with Crippen molar-refractivity contribution >= 4 is 24.2 Å². The predicted molar refractivity (Wildman–Crippen MR) is 100 cm³/mol. The molecule has 0 spiro atoms. The van der Waals surface area contributed by atoms with E-state index < -0.39 is 0 Å². The zero-order valence-corrected chi connectivity index (χ0v) is 15.9. The minimum Gasteiger partial charge on any atom is -0.472 e. The molecular formula is C19H28ClN3O3. The molecule has 0 unspecified atom stereocenters. The monoisotopic (exact) mass is 381 g/mol. The molecule has 0 radical (unpaired) electrons. The maximum atomic E-state index is 13.0. The first kappa shape index (κ1) is 19.2. The van der Waals surface area contributed by atoms with E-state index in [1.165, 1.54) is 18.9 Å². The van der Waals surface area contributed by atoms with Crippen molar-refractivity contribution in [3.63, 3.8) is 0 Å². The minimum absolute atomic E-state index is 0. The van der Waals surface area contributed by atoms with E-state index in [4.69, 9.17) is 4.42 Å². The Morgan fingerprint density at radius 2 is 2.04 bits per heavy atom. The topological polar surface area (TPSA) is 74.6 Å². The van der Waals surface area contributed by atoms with Crippen molar-refractivity contribution in [2.45, 2.75) is 44.6 Å². The molecule has 2 atom stereocenters. The lowest BCUT2D eigenvalue weighted by atomic mass is 9.67. The summed E-state index contributed by atoms with van der Waals surface area (Å²) in [6, 6.07) is 1.88. The third-order valence-electron chi connectivity index (χ3n) is 6.38. The number of hydrogen-bond donors (Lipinski definition) is 2. The molecule has 26 heavy (non-hydrogen) atoms. The fourth-order valence-electron chi connectivity index (χ4n) is 4.82. The van der Waals surface area contributed by atoms with Crippen LogP contribution in [0.1, 0.15) is 48.9 Å². The summed E-state index contributed by atoms with van der Waals surface area (Å²) < 4.78 is 5.00. The van der Waals surface area contributed by atoms with Gasteiger partial charge in [-0.05, 0) is 44.2 Å². The van der Waals surface area contributed by atoms with Gasteiger partial charge in [0.05, 0.1) is 17.2 Å². The number of amides is 2. The molecule has 1 saturated carbocycles. The first-order valence-corrected chi connectivity index (χ1v) is 9.52. The predicted octanol–water partition coefficient (Wildman–Crippen LogP) is 2.20. The zero-order valence-electron chi connectivity index (χ0n) is 15.0. The molecule has 3 fully saturated rings. The van der Waals surface area contributed by atoms with Crippen molar-refractivity contribution in [1.82, 2.24) is 15.5 Å². The summed E-state index contributed by atoms with van der Waals surface area (Å²) in [6.45, 7) is 3.17.